The van der Waals surface area contributed by atoms with E-state index in [4.69, 9.17) is 21.1 Å². The van der Waals surface area contributed by atoms with Crippen molar-refractivity contribution >= 4 is 11.6 Å². The van der Waals surface area contributed by atoms with E-state index in [-0.39, 0.29) is 0 Å². The van der Waals surface area contributed by atoms with Crippen LogP contribution in [0, 0.1) is 0 Å². The number of nitrogens with zero attached hydrogens (tertiary/aromatic N) is 1. The number of hydrogen-bond acceptors (Lipinski definition) is 3. The van der Waals surface area contributed by atoms with Crippen LogP contribution in [0.3, 0.4) is 0 Å². The zero-order chi connectivity index (χ0) is 10.9. The third-order valence-corrected chi connectivity index (χ3v) is 2.11. The van der Waals surface area contributed by atoms with Gasteiger partial charge in [-0.1, -0.05) is 0 Å². The van der Waals surface area contributed by atoms with Crippen LogP contribution in [0.1, 0.15) is 19.0 Å². The Bertz CT molecular complexity index is 264. The average Bonchev–Trinajstić information content (AvgIpc) is 2.30. The van der Waals surface area contributed by atoms with Gasteiger partial charge in [0.25, 0.3) is 0 Å². The third kappa shape index (κ3) is 5.00. The highest BCUT2D eigenvalue weighted by atomic mass is 35.5. The summed E-state index contributed by atoms with van der Waals surface area (Å²) in [4.78, 5) is 4.12. The van der Waals surface area contributed by atoms with Crippen LogP contribution in [0.2, 0.25) is 0 Å². The monoisotopic (exact) mass is 229 g/mol. The fraction of sp³-hybridized carbons (Fsp3) is 0.545. The summed E-state index contributed by atoms with van der Waals surface area (Å²) in [7, 11) is 0. The first-order valence-electron chi connectivity index (χ1n) is 5.08. The predicted octanol–water partition coefficient (Wildman–Crippen LogP) is 2.63. The van der Waals surface area contributed by atoms with Gasteiger partial charge in [0.2, 0.25) is 0 Å². The van der Waals surface area contributed by atoms with Crippen LogP contribution >= 0.6 is 11.6 Å². The molecule has 1 rings (SSSR count). The Morgan fingerprint density at radius 2 is 2.20 bits per heavy atom. The zero-order valence-corrected chi connectivity index (χ0v) is 9.67. The lowest BCUT2D eigenvalue weighted by Crippen LogP contribution is -2.03. The molecule has 0 aliphatic rings. The van der Waals surface area contributed by atoms with E-state index in [0.29, 0.717) is 12.5 Å². The Morgan fingerprint density at radius 1 is 1.33 bits per heavy atom. The second kappa shape index (κ2) is 7.49. The number of rotatable bonds is 7. The largest absolute Gasteiger partial charge is 0.492 e. The SMILES string of the molecule is CCOCCCOc1ccc(CCl)nc1. The molecule has 0 saturated carbocycles. The van der Waals surface area contributed by atoms with Crippen molar-refractivity contribution in [2.45, 2.75) is 19.2 Å². The Balaban J connectivity index is 2.20. The maximum Gasteiger partial charge on any atom is 0.137 e. The van der Waals surface area contributed by atoms with Crippen LogP contribution in [-0.4, -0.2) is 24.8 Å². The Hall–Kier alpha value is -0.800. The molecule has 0 atom stereocenters. The maximum atomic E-state index is 5.62. The number of alkyl halides is 1. The van der Waals surface area contributed by atoms with Gasteiger partial charge < -0.3 is 9.47 Å². The van der Waals surface area contributed by atoms with E-state index in [1.807, 2.05) is 19.1 Å². The molecule has 84 valence electrons. The predicted molar refractivity (Wildman–Crippen MR) is 60.4 cm³/mol. The lowest BCUT2D eigenvalue weighted by molar-refractivity contribution is 0.131. The molecular formula is C11H16ClNO2. The minimum absolute atomic E-state index is 0.435. The summed E-state index contributed by atoms with van der Waals surface area (Å²) in [6, 6.07) is 3.75. The fourth-order valence-corrected chi connectivity index (χ4v) is 1.23. The summed E-state index contributed by atoms with van der Waals surface area (Å²) in [5.41, 5.74) is 0.860. The van der Waals surface area contributed by atoms with Crippen molar-refractivity contribution in [2.75, 3.05) is 19.8 Å². The first-order chi connectivity index (χ1) is 7.36. The summed E-state index contributed by atoms with van der Waals surface area (Å²) in [6.07, 6.45) is 2.59. The number of halogens is 1. The second-order valence-corrected chi connectivity index (χ2v) is 3.29. The van der Waals surface area contributed by atoms with E-state index in [1.165, 1.54) is 0 Å². The molecule has 0 aromatic carbocycles. The Morgan fingerprint density at radius 3 is 2.80 bits per heavy atom. The lowest BCUT2D eigenvalue weighted by atomic mass is 10.4. The fourth-order valence-electron chi connectivity index (χ4n) is 1.07. The topological polar surface area (TPSA) is 31.4 Å². The number of aromatic nitrogens is 1. The van der Waals surface area contributed by atoms with Crippen molar-refractivity contribution in [2.24, 2.45) is 0 Å². The standard InChI is InChI=1S/C11H16ClNO2/c1-2-14-6-3-7-15-11-5-4-10(8-12)13-9-11/h4-5,9H,2-3,6-8H2,1H3. The molecule has 0 unspecified atom stereocenters. The summed E-state index contributed by atoms with van der Waals surface area (Å²) in [5.74, 6) is 1.21. The van der Waals surface area contributed by atoms with Gasteiger partial charge in [-0.15, -0.1) is 11.6 Å². The Labute approximate surface area is 95.4 Å². The van der Waals surface area contributed by atoms with Crippen molar-refractivity contribution in [3.8, 4) is 5.75 Å². The quantitative estimate of drug-likeness (QED) is 0.532. The van der Waals surface area contributed by atoms with Crippen molar-refractivity contribution in [3.63, 3.8) is 0 Å². The molecule has 0 radical (unpaired) electrons. The molecule has 4 heteroatoms. The van der Waals surface area contributed by atoms with Gasteiger partial charge in [0.15, 0.2) is 0 Å². The van der Waals surface area contributed by atoms with Gasteiger partial charge >= 0.3 is 0 Å². The van der Waals surface area contributed by atoms with Crippen LogP contribution in [0.15, 0.2) is 18.3 Å². The van der Waals surface area contributed by atoms with Gasteiger partial charge in [-0.25, -0.2) is 0 Å². The van der Waals surface area contributed by atoms with E-state index in [0.717, 1.165) is 31.1 Å². The van der Waals surface area contributed by atoms with Gasteiger partial charge in [0, 0.05) is 19.6 Å². The minimum Gasteiger partial charge on any atom is -0.492 e. The molecule has 0 spiro atoms. The molecule has 1 aromatic heterocycles. The van der Waals surface area contributed by atoms with Crippen molar-refractivity contribution in [1.29, 1.82) is 0 Å². The molecule has 1 heterocycles. The third-order valence-electron chi connectivity index (χ3n) is 1.84. The van der Waals surface area contributed by atoms with Gasteiger partial charge in [-0.05, 0) is 19.1 Å². The van der Waals surface area contributed by atoms with Crippen LogP contribution in [0.25, 0.3) is 0 Å². The van der Waals surface area contributed by atoms with Crippen molar-refractivity contribution < 1.29 is 9.47 Å². The van der Waals surface area contributed by atoms with E-state index in [9.17, 15) is 0 Å². The molecule has 0 saturated heterocycles. The second-order valence-electron chi connectivity index (χ2n) is 3.02. The van der Waals surface area contributed by atoms with Crippen LogP contribution < -0.4 is 4.74 Å². The average molecular weight is 230 g/mol. The summed E-state index contributed by atoms with van der Waals surface area (Å²) in [6.45, 7) is 4.13. The summed E-state index contributed by atoms with van der Waals surface area (Å²) >= 11 is 5.62. The minimum atomic E-state index is 0.435. The normalized spacial score (nSPS) is 10.3. The molecule has 0 N–H and O–H groups in total. The van der Waals surface area contributed by atoms with E-state index in [1.54, 1.807) is 6.20 Å². The van der Waals surface area contributed by atoms with E-state index >= 15 is 0 Å². The smallest absolute Gasteiger partial charge is 0.137 e. The van der Waals surface area contributed by atoms with Gasteiger partial charge in [-0.2, -0.15) is 0 Å². The molecule has 0 bridgehead atoms. The number of hydrogen-bond donors (Lipinski definition) is 0. The van der Waals surface area contributed by atoms with E-state index in [2.05, 4.69) is 4.98 Å². The molecule has 0 aliphatic heterocycles. The van der Waals surface area contributed by atoms with Crippen LogP contribution in [0.4, 0.5) is 0 Å². The summed E-state index contributed by atoms with van der Waals surface area (Å²) < 4.78 is 10.7. The lowest BCUT2D eigenvalue weighted by Gasteiger charge is -2.05. The maximum absolute atomic E-state index is 5.62. The molecule has 0 amide bonds. The number of pyridine rings is 1. The number of ether oxygens (including phenoxy) is 2. The first kappa shape index (κ1) is 12.3. The molecule has 3 nitrogen and oxygen atoms in total. The Kier molecular flexibility index (Phi) is 6.12. The van der Waals surface area contributed by atoms with Gasteiger partial charge in [0.1, 0.15) is 5.75 Å². The van der Waals surface area contributed by atoms with Crippen molar-refractivity contribution in [3.05, 3.63) is 24.0 Å². The van der Waals surface area contributed by atoms with Crippen LogP contribution in [-0.2, 0) is 10.6 Å². The highest BCUT2D eigenvalue weighted by Crippen LogP contribution is 2.10. The zero-order valence-electron chi connectivity index (χ0n) is 8.91. The molecule has 0 fully saturated rings. The van der Waals surface area contributed by atoms with Crippen molar-refractivity contribution in [1.82, 2.24) is 4.98 Å². The molecule has 1 aromatic rings. The van der Waals surface area contributed by atoms with Gasteiger partial charge in [-0.3, -0.25) is 4.98 Å². The highest BCUT2D eigenvalue weighted by Gasteiger charge is 1.95. The molecule has 15 heavy (non-hydrogen) atoms. The van der Waals surface area contributed by atoms with Crippen LogP contribution in [0.5, 0.6) is 5.75 Å². The molecular weight excluding hydrogens is 214 g/mol. The first-order valence-corrected chi connectivity index (χ1v) is 5.61. The van der Waals surface area contributed by atoms with E-state index < -0.39 is 0 Å². The van der Waals surface area contributed by atoms with Gasteiger partial charge in [0.05, 0.1) is 24.4 Å². The summed E-state index contributed by atoms with van der Waals surface area (Å²) in [5, 5.41) is 0. The highest BCUT2D eigenvalue weighted by molar-refractivity contribution is 6.16. The molecule has 0 aliphatic carbocycles.